The van der Waals surface area contributed by atoms with E-state index in [9.17, 15) is 24.0 Å². The van der Waals surface area contributed by atoms with E-state index in [1.807, 2.05) is 52.0 Å². The topological polar surface area (TPSA) is 157 Å². The van der Waals surface area contributed by atoms with Gasteiger partial charge in [-0.2, -0.15) is 0 Å². The lowest BCUT2D eigenvalue weighted by atomic mass is 9.96. The van der Waals surface area contributed by atoms with Crippen molar-refractivity contribution >= 4 is 34.9 Å². The van der Waals surface area contributed by atoms with Gasteiger partial charge in [0.25, 0.3) is 0 Å². The highest BCUT2D eigenvalue weighted by Crippen LogP contribution is 2.10. The molecule has 10 nitrogen and oxygen atoms in total. The number of hydrogen-bond acceptors (Lipinski definition) is 8. The summed E-state index contributed by atoms with van der Waals surface area (Å²) in [5, 5.41) is 9.10. The summed E-state index contributed by atoms with van der Waals surface area (Å²) in [7, 11) is 0. The third kappa shape index (κ3) is 13.8. The van der Waals surface area contributed by atoms with E-state index < -0.39 is 6.04 Å². The summed E-state index contributed by atoms with van der Waals surface area (Å²) in [6.45, 7) is 7.41. The lowest BCUT2D eigenvalue weighted by Gasteiger charge is -2.13. The van der Waals surface area contributed by atoms with Gasteiger partial charge >= 0.3 is 0 Å². The van der Waals surface area contributed by atoms with E-state index in [1.165, 1.54) is 0 Å². The van der Waals surface area contributed by atoms with Crippen LogP contribution in [-0.2, 0) is 35.2 Å². The van der Waals surface area contributed by atoms with Crippen LogP contribution in [0.15, 0.2) is 29.4 Å². The highest BCUT2D eigenvalue weighted by atomic mass is 16.6. The van der Waals surface area contributed by atoms with Crippen LogP contribution in [0, 0.1) is 5.92 Å². The van der Waals surface area contributed by atoms with Gasteiger partial charge in [0, 0.05) is 31.6 Å². The number of carbonyl (C=O) groups is 5. The van der Waals surface area contributed by atoms with Gasteiger partial charge in [0.1, 0.15) is 6.61 Å². The second kappa shape index (κ2) is 18.0. The highest BCUT2D eigenvalue weighted by Gasteiger charge is 2.17. The maximum absolute atomic E-state index is 12.0. The van der Waals surface area contributed by atoms with Crippen molar-refractivity contribution in [3.63, 3.8) is 0 Å². The van der Waals surface area contributed by atoms with Gasteiger partial charge in [0.2, 0.25) is 11.8 Å². The Morgan fingerprint density at radius 1 is 0.895 bits per heavy atom. The first kappa shape index (κ1) is 32.6. The number of Topliss-reactive ketones (excluding diaryl/α,β-unsaturated/α-hetero) is 3. The third-order valence-corrected chi connectivity index (χ3v) is 5.73. The molecule has 0 aromatic heterocycles. The highest BCUT2D eigenvalue weighted by molar-refractivity contribution is 5.98. The molecule has 0 unspecified atom stereocenters. The summed E-state index contributed by atoms with van der Waals surface area (Å²) in [6.07, 6.45) is 2.19. The Hall–Kier alpha value is -3.40. The molecule has 0 saturated heterocycles. The van der Waals surface area contributed by atoms with Crippen molar-refractivity contribution < 1.29 is 28.8 Å². The number of carbonyl (C=O) groups excluding carboxylic acids is 5. The quantitative estimate of drug-likeness (QED) is 0.141. The Balaban J connectivity index is 2.24. The molecule has 0 aliphatic carbocycles. The molecular formula is C28H42N4O6. The zero-order valence-corrected chi connectivity index (χ0v) is 23.0. The number of hydrogen-bond donors (Lipinski definition) is 3. The Morgan fingerprint density at radius 2 is 1.47 bits per heavy atom. The summed E-state index contributed by atoms with van der Waals surface area (Å²) in [5.74, 6) is -1.01. The number of nitrogens with one attached hydrogen (secondary N) is 2. The predicted octanol–water partition coefficient (Wildman–Crippen LogP) is 2.25. The molecule has 0 saturated carbocycles. The molecule has 0 spiro atoms. The van der Waals surface area contributed by atoms with Crippen LogP contribution >= 0.6 is 0 Å². The molecule has 1 rings (SSSR count). The lowest BCUT2D eigenvalue weighted by Crippen LogP contribution is -2.35. The van der Waals surface area contributed by atoms with Crippen molar-refractivity contribution in [3.05, 3.63) is 35.4 Å². The van der Waals surface area contributed by atoms with E-state index in [0.29, 0.717) is 31.4 Å². The standard InChI is InChI=1S/C28H42N4O6/c1-5-7-26(35)30-18-24(34)13-14-27(36)31-17-23(33)8-6-15-38-32-20(4)22-11-9-21(10-12-22)16-25(29)28(37)19(2)3/h9-12,19,25H,5-8,13-18,29H2,1-4H3,(H,30,35)(H,31,36)/b32-20+/t25-/m0/s1. The van der Waals surface area contributed by atoms with Crippen LogP contribution in [0.5, 0.6) is 0 Å². The van der Waals surface area contributed by atoms with E-state index in [4.69, 9.17) is 10.6 Å². The fourth-order valence-corrected chi connectivity index (χ4v) is 3.42. The normalized spacial score (nSPS) is 12.1. The average Bonchev–Trinajstić information content (AvgIpc) is 2.89. The van der Waals surface area contributed by atoms with Crippen molar-refractivity contribution in [2.75, 3.05) is 19.7 Å². The summed E-state index contributed by atoms with van der Waals surface area (Å²) in [6, 6.07) is 7.10. The zero-order valence-electron chi connectivity index (χ0n) is 23.0. The number of oxime groups is 1. The third-order valence-electron chi connectivity index (χ3n) is 5.73. The van der Waals surface area contributed by atoms with Crippen molar-refractivity contribution in [2.45, 2.75) is 78.7 Å². The van der Waals surface area contributed by atoms with Crippen LogP contribution in [0.3, 0.4) is 0 Å². The van der Waals surface area contributed by atoms with Gasteiger partial charge in [0.15, 0.2) is 17.3 Å². The van der Waals surface area contributed by atoms with Gasteiger partial charge in [-0.3, -0.25) is 24.0 Å². The minimum Gasteiger partial charge on any atom is -0.396 e. The molecule has 0 fully saturated rings. The lowest BCUT2D eigenvalue weighted by molar-refractivity contribution is -0.128. The maximum Gasteiger partial charge on any atom is 0.220 e. The largest absolute Gasteiger partial charge is 0.396 e. The van der Waals surface area contributed by atoms with Crippen molar-refractivity contribution in [3.8, 4) is 0 Å². The van der Waals surface area contributed by atoms with E-state index in [1.54, 1.807) is 0 Å². The maximum atomic E-state index is 12.0. The molecule has 1 aromatic rings. The Kier molecular flexibility index (Phi) is 15.4. The second-order valence-electron chi connectivity index (χ2n) is 9.56. The number of nitrogens with zero attached hydrogens (tertiary/aromatic N) is 1. The number of ketones is 3. The second-order valence-corrected chi connectivity index (χ2v) is 9.56. The summed E-state index contributed by atoms with van der Waals surface area (Å²) in [4.78, 5) is 64.2. The first-order valence-corrected chi connectivity index (χ1v) is 13.1. The smallest absolute Gasteiger partial charge is 0.220 e. The number of benzene rings is 1. The van der Waals surface area contributed by atoms with Crippen LogP contribution in [0.1, 0.15) is 77.3 Å². The van der Waals surface area contributed by atoms with Crippen molar-refractivity contribution in [2.24, 2.45) is 16.8 Å². The van der Waals surface area contributed by atoms with E-state index in [0.717, 1.165) is 11.1 Å². The number of rotatable bonds is 19. The van der Waals surface area contributed by atoms with Crippen LogP contribution in [-0.4, -0.2) is 60.6 Å². The minimum absolute atomic E-state index is 0.00565. The molecule has 1 atom stereocenters. The monoisotopic (exact) mass is 530 g/mol. The van der Waals surface area contributed by atoms with E-state index >= 15 is 0 Å². The molecule has 210 valence electrons. The molecule has 2 amide bonds. The Morgan fingerprint density at radius 3 is 2.05 bits per heavy atom. The average molecular weight is 531 g/mol. The molecule has 0 aliphatic heterocycles. The van der Waals surface area contributed by atoms with Crippen LogP contribution in [0.2, 0.25) is 0 Å². The van der Waals surface area contributed by atoms with Crippen LogP contribution < -0.4 is 16.4 Å². The van der Waals surface area contributed by atoms with Gasteiger partial charge in [-0.1, -0.05) is 50.2 Å². The van der Waals surface area contributed by atoms with Crippen LogP contribution in [0.4, 0.5) is 0 Å². The molecule has 0 bridgehead atoms. The molecule has 0 radical (unpaired) electrons. The molecular weight excluding hydrogens is 488 g/mol. The van der Waals surface area contributed by atoms with Gasteiger partial charge in [-0.05, 0) is 37.3 Å². The SMILES string of the molecule is CCCC(=O)NCC(=O)CCC(=O)NCC(=O)CCCO/N=C(\C)c1ccc(C[C@H](N)C(=O)C(C)C)cc1. The molecule has 38 heavy (non-hydrogen) atoms. The fraction of sp³-hybridized carbons (Fsp3) is 0.571. The molecule has 0 aliphatic rings. The Bertz CT molecular complexity index is 972. The zero-order chi connectivity index (χ0) is 28.5. The van der Waals surface area contributed by atoms with Gasteiger partial charge < -0.3 is 21.2 Å². The molecule has 10 heteroatoms. The van der Waals surface area contributed by atoms with Crippen molar-refractivity contribution in [1.29, 1.82) is 0 Å². The predicted molar refractivity (Wildman–Crippen MR) is 146 cm³/mol. The minimum atomic E-state index is -0.519. The molecule has 4 N–H and O–H groups in total. The summed E-state index contributed by atoms with van der Waals surface area (Å²) < 4.78 is 0. The van der Waals surface area contributed by atoms with Crippen molar-refractivity contribution in [1.82, 2.24) is 10.6 Å². The van der Waals surface area contributed by atoms with Crippen LogP contribution in [0.25, 0.3) is 0 Å². The van der Waals surface area contributed by atoms with E-state index in [2.05, 4.69) is 15.8 Å². The number of amides is 2. The van der Waals surface area contributed by atoms with Gasteiger partial charge in [-0.25, -0.2) is 0 Å². The van der Waals surface area contributed by atoms with Gasteiger partial charge in [-0.15, -0.1) is 0 Å². The first-order valence-electron chi connectivity index (χ1n) is 13.1. The van der Waals surface area contributed by atoms with Gasteiger partial charge in [0.05, 0.1) is 24.8 Å². The Labute approximate surface area is 225 Å². The fourth-order valence-electron chi connectivity index (χ4n) is 3.42. The summed E-state index contributed by atoms with van der Waals surface area (Å²) in [5.41, 5.74) is 8.51. The molecule has 0 heterocycles. The molecule has 1 aromatic carbocycles. The summed E-state index contributed by atoms with van der Waals surface area (Å²) >= 11 is 0. The van der Waals surface area contributed by atoms with E-state index in [-0.39, 0.29) is 74.0 Å². The first-order chi connectivity index (χ1) is 18.0. The number of nitrogens with two attached hydrogens (primary N) is 1.